The molecule has 1 aliphatic heterocycles. The monoisotopic (exact) mass is 259 g/mol. The number of rotatable bonds is 4. The molecule has 1 atom stereocenters. The molecule has 1 unspecified atom stereocenters. The maximum absolute atomic E-state index is 12.1. The molecule has 0 fully saturated rings. The first kappa shape index (κ1) is 12.9. The fourth-order valence-electron chi connectivity index (χ4n) is 1.81. The van der Waals surface area contributed by atoms with Gasteiger partial charge in [0, 0.05) is 6.54 Å². The molecule has 98 valence electrons. The lowest BCUT2D eigenvalue weighted by Gasteiger charge is -2.27. The molecule has 6 heteroatoms. The third-order valence-corrected chi connectivity index (χ3v) is 2.73. The molecule has 0 radical (unpaired) electrons. The topological polar surface area (TPSA) is 78.8 Å². The summed E-state index contributed by atoms with van der Waals surface area (Å²) in [4.78, 5) is 40.1. The van der Waals surface area contributed by atoms with Gasteiger partial charge < -0.3 is 5.32 Å². The van der Waals surface area contributed by atoms with Crippen LogP contribution in [0.5, 0.6) is 0 Å². The van der Waals surface area contributed by atoms with Crippen molar-refractivity contribution in [2.75, 3.05) is 13.1 Å². The van der Waals surface area contributed by atoms with Crippen molar-refractivity contribution in [3.8, 4) is 0 Å². The van der Waals surface area contributed by atoms with E-state index >= 15 is 0 Å². The van der Waals surface area contributed by atoms with Gasteiger partial charge in [0.15, 0.2) is 0 Å². The Bertz CT molecular complexity index is 531. The number of nitrogens with zero attached hydrogens (tertiary/aromatic N) is 2. The van der Waals surface area contributed by atoms with Crippen molar-refractivity contribution in [1.29, 1.82) is 0 Å². The van der Waals surface area contributed by atoms with Crippen molar-refractivity contribution in [3.05, 3.63) is 37.0 Å². The first-order valence-electron chi connectivity index (χ1n) is 5.80. The van der Waals surface area contributed by atoms with Crippen LogP contribution in [0.1, 0.15) is 0 Å². The molecule has 1 N–H and O–H groups in total. The highest BCUT2D eigenvalue weighted by molar-refractivity contribution is 6.22. The number of urea groups is 1. The average Bonchev–Trinajstić information content (AvgIpc) is 2.41. The predicted octanol–water partition coefficient (Wildman–Crippen LogP) is 0.434. The Labute approximate surface area is 110 Å². The molecule has 0 saturated heterocycles. The summed E-state index contributed by atoms with van der Waals surface area (Å²) in [6.07, 6.45) is 8.22. The fraction of sp³-hybridized carbons (Fsp3) is 0.231. The molecule has 2 rings (SSSR count). The van der Waals surface area contributed by atoms with E-state index in [4.69, 9.17) is 0 Å². The maximum atomic E-state index is 12.1. The van der Waals surface area contributed by atoms with Crippen LogP contribution in [0.3, 0.4) is 0 Å². The second-order valence-corrected chi connectivity index (χ2v) is 4.06. The molecule has 6 nitrogen and oxygen atoms in total. The third-order valence-electron chi connectivity index (χ3n) is 2.73. The fourth-order valence-corrected chi connectivity index (χ4v) is 1.81. The third kappa shape index (κ3) is 2.67. The van der Waals surface area contributed by atoms with Gasteiger partial charge in [0.2, 0.25) is 11.8 Å². The predicted molar refractivity (Wildman–Crippen MR) is 69.5 cm³/mol. The Morgan fingerprint density at radius 2 is 2.26 bits per heavy atom. The summed E-state index contributed by atoms with van der Waals surface area (Å²) in [6, 6.07) is -0.704. The summed E-state index contributed by atoms with van der Waals surface area (Å²) in [5.74, 6) is -1.42. The Morgan fingerprint density at radius 3 is 3.00 bits per heavy atom. The molecule has 1 heterocycles. The minimum absolute atomic E-state index is 0.287. The van der Waals surface area contributed by atoms with E-state index in [1.54, 1.807) is 24.3 Å². The number of imide groups is 1. The van der Waals surface area contributed by atoms with E-state index in [2.05, 4.69) is 16.9 Å². The van der Waals surface area contributed by atoms with Crippen molar-refractivity contribution in [1.82, 2.24) is 10.2 Å². The van der Waals surface area contributed by atoms with Crippen LogP contribution in [0, 0.1) is 5.92 Å². The Morgan fingerprint density at radius 1 is 1.47 bits per heavy atom. The van der Waals surface area contributed by atoms with Gasteiger partial charge in [-0.05, 0) is 6.08 Å². The van der Waals surface area contributed by atoms with Crippen LogP contribution in [-0.4, -0.2) is 41.5 Å². The van der Waals surface area contributed by atoms with E-state index in [0.717, 1.165) is 4.90 Å². The Kier molecular flexibility index (Phi) is 3.70. The number of carbonyl (C=O) groups excluding carboxylic acids is 3. The summed E-state index contributed by atoms with van der Waals surface area (Å²) in [7, 11) is 0. The van der Waals surface area contributed by atoms with Crippen LogP contribution >= 0.6 is 0 Å². The van der Waals surface area contributed by atoms with E-state index in [-0.39, 0.29) is 13.1 Å². The number of hydrogen-bond donors (Lipinski definition) is 1. The minimum atomic E-state index is -0.704. The lowest BCUT2D eigenvalue weighted by Crippen LogP contribution is -2.50. The van der Waals surface area contributed by atoms with Crippen LogP contribution in [0.4, 0.5) is 4.79 Å². The van der Waals surface area contributed by atoms with Crippen LogP contribution in [0.15, 0.2) is 42.0 Å². The quantitative estimate of drug-likeness (QED) is 0.744. The second-order valence-electron chi connectivity index (χ2n) is 4.06. The second kappa shape index (κ2) is 5.43. The standard InChI is InChI=1S/C13H13N3O3/c1-2-7-14-11(17)8-16-12(18)9-5-3-4-6-10(9)15-13(16)19/h2-6,9H,1,7-8H2,(H,14,17). The van der Waals surface area contributed by atoms with Crippen LogP contribution in [-0.2, 0) is 9.59 Å². The zero-order valence-corrected chi connectivity index (χ0v) is 10.2. The van der Waals surface area contributed by atoms with E-state index in [9.17, 15) is 14.4 Å². The number of aliphatic imine (C=N–C) groups is 1. The molecule has 0 saturated carbocycles. The number of carbonyl (C=O) groups is 3. The molecule has 0 spiro atoms. The SMILES string of the molecule is C=CCNC(=O)CN1C(=O)N=C2C=CC=CC2C1=O. The lowest BCUT2D eigenvalue weighted by molar-refractivity contribution is -0.134. The van der Waals surface area contributed by atoms with Crippen LogP contribution < -0.4 is 5.32 Å². The van der Waals surface area contributed by atoms with Crippen LogP contribution in [0.25, 0.3) is 0 Å². The van der Waals surface area contributed by atoms with Gasteiger partial charge in [-0.25, -0.2) is 4.79 Å². The highest BCUT2D eigenvalue weighted by Gasteiger charge is 2.36. The zero-order chi connectivity index (χ0) is 13.8. The first-order chi connectivity index (χ1) is 9.13. The van der Waals surface area contributed by atoms with Crippen LogP contribution in [0.2, 0.25) is 0 Å². The maximum Gasteiger partial charge on any atom is 0.351 e. The highest BCUT2D eigenvalue weighted by atomic mass is 16.2. The summed E-state index contributed by atoms with van der Waals surface area (Å²) in [5.41, 5.74) is 0.417. The summed E-state index contributed by atoms with van der Waals surface area (Å²) < 4.78 is 0. The van der Waals surface area contributed by atoms with E-state index in [1.165, 1.54) is 6.08 Å². The van der Waals surface area contributed by atoms with Crippen molar-refractivity contribution < 1.29 is 14.4 Å². The Hall–Kier alpha value is -2.50. The number of fused-ring (bicyclic) bond motifs is 1. The van der Waals surface area contributed by atoms with Gasteiger partial charge in [0.05, 0.1) is 11.6 Å². The normalized spacial score (nSPS) is 20.9. The average molecular weight is 259 g/mol. The van der Waals surface area contributed by atoms with Gasteiger partial charge in [-0.1, -0.05) is 24.3 Å². The van der Waals surface area contributed by atoms with Crippen molar-refractivity contribution in [2.24, 2.45) is 10.9 Å². The van der Waals surface area contributed by atoms with Gasteiger partial charge in [0.1, 0.15) is 6.54 Å². The zero-order valence-electron chi connectivity index (χ0n) is 10.2. The van der Waals surface area contributed by atoms with E-state index < -0.39 is 23.8 Å². The molecule has 4 amide bonds. The highest BCUT2D eigenvalue weighted by Crippen LogP contribution is 2.19. The van der Waals surface area contributed by atoms with E-state index in [1.807, 2.05) is 0 Å². The molecule has 0 bridgehead atoms. The van der Waals surface area contributed by atoms with Gasteiger partial charge in [-0.15, -0.1) is 6.58 Å². The molecular weight excluding hydrogens is 246 g/mol. The number of allylic oxidation sites excluding steroid dienone is 3. The van der Waals surface area contributed by atoms with Crippen molar-refractivity contribution in [3.63, 3.8) is 0 Å². The molecule has 0 aromatic rings. The van der Waals surface area contributed by atoms with Gasteiger partial charge >= 0.3 is 6.03 Å². The molecule has 2 aliphatic rings. The van der Waals surface area contributed by atoms with E-state index in [0.29, 0.717) is 5.71 Å². The summed E-state index contributed by atoms with van der Waals surface area (Å²) in [5, 5.41) is 2.51. The molecule has 1 aliphatic carbocycles. The molecule has 19 heavy (non-hydrogen) atoms. The van der Waals surface area contributed by atoms with Gasteiger partial charge in [-0.3, -0.25) is 14.5 Å². The molecule has 0 aromatic carbocycles. The molecular formula is C13H13N3O3. The smallest absolute Gasteiger partial charge is 0.351 e. The minimum Gasteiger partial charge on any atom is -0.351 e. The molecule has 0 aromatic heterocycles. The largest absolute Gasteiger partial charge is 0.351 e. The summed E-state index contributed by atoms with van der Waals surface area (Å²) >= 11 is 0. The van der Waals surface area contributed by atoms with Crippen molar-refractivity contribution in [2.45, 2.75) is 0 Å². The summed E-state index contributed by atoms with van der Waals surface area (Å²) in [6.45, 7) is 3.43. The number of amides is 4. The lowest BCUT2D eigenvalue weighted by atomic mass is 9.95. The number of nitrogens with one attached hydrogen (secondary N) is 1. The van der Waals surface area contributed by atoms with Gasteiger partial charge in [0.25, 0.3) is 0 Å². The first-order valence-corrected chi connectivity index (χ1v) is 5.80. The number of hydrogen-bond acceptors (Lipinski definition) is 3. The Balaban J connectivity index is 2.12. The van der Waals surface area contributed by atoms with Gasteiger partial charge in [-0.2, -0.15) is 4.99 Å². The van der Waals surface area contributed by atoms with Crippen molar-refractivity contribution >= 4 is 23.6 Å².